The number of hydrogen-bond donors (Lipinski definition) is 1. The van der Waals surface area contributed by atoms with Crippen molar-refractivity contribution < 1.29 is 9.53 Å². The molecule has 0 unspecified atom stereocenters. The van der Waals surface area contributed by atoms with Crippen molar-refractivity contribution in [2.24, 2.45) is 0 Å². The molecule has 0 saturated heterocycles. The molecule has 0 aliphatic rings. The van der Waals surface area contributed by atoms with E-state index in [1.807, 2.05) is 17.5 Å². The molecule has 82 valence electrons. The predicted octanol–water partition coefficient (Wildman–Crippen LogP) is 1.96. The summed E-state index contributed by atoms with van der Waals surface area (Å²) in [5.41, 5.74) is 0.635. The number of nitrogens with one attached hydrogen (secondary N) is 1. The molecule has 0 radical (unpaired) electrons. The summed E-state index contributed by atoms with van der Waals surface area (Å²) in [6, 6.07) is 4.10. The van der Waals surface area contributed by atoms with Gasteiger partial charge in [0, 0.05) is 23.5 Å². The maximum Gasteiger partial charge on any atom is 0.333 e. The van der Waals surface area contributed by atoms with Gasteiger partial charge in [0.2, 0.25) is 0 Å². The maximum absolute atomic E-state index is 11.0. The molecule has 1 N–H and O–H groups in total. The van der Waals surface area contributed by atoms with Crippen LogP contribution in [-0.2, 0) is 16.1 Å². The van der Waals surface area contributed by atoms with E-state index in [0.717, 1.165) is 6.54 Å². The fraction of sp³-hybridized carbons (Fsp3) is 0.364. The lowest BCUT2D eigenvalue weighted by molar-refractivity contribution is -0.136. The molecule has 0 fully saturated rings. The first-order valence-electron chi connectivity index (χ1n) is 4.72. The number of hydrogen-bond acceptors (Lipinski definition) is 4. The van der Waals surface area contributed by atoms with Crippen LogP contribution in [0.2, 0.25) is 0 Å². The SMILES string of the molecule is COC(=O)/C(C)=C/CNCc1cccs1. The number of thiophene rings is 1. The third-order valence-electron chi connectivity index (χ3n) is 1.94. The van der Waals surface area contributed by atoms with Crippen molar-refractivity contribution in [1.82, 2.24) is 5.32 Å². The molecule has 4 heteroatoms. The van der Waals surface area contributed by atoms with Gasteiger partial charge in [-0.15, -0.1) is 11.3 Å². The predicted molar refractivity (Wildman–Crippen MR) is 61.8 cm³/mol. The molecule has 0 saturated carbocycles. The lowest BCUT2D eigenvalue weighted by atomic mass is 10.3. The van der Waals surface area contributed by atoms with Gasteiger partial charge in [-0.1, -0.05) is 12.1 Å². The van der Waals surface area contributed by atoms with Crippen molar-refractivity contribution in [2.45, 2.75) is 13.5 Å². The lowest BCUT2D eigenvalue weighted by Crippen LogP contribution is -2.13. The van der Waals surface area contributed by atoms with Gasteiger partial charge in [0.1, 0.15) is 0 Å². The monoisotopic (exact) mass is 225 g/mol. The van der Waals surface area contributed by atoms with Crippen molar-refractivity contribution in [3.63, 3.8) is 0 Å². The fourth-order valence-electron chi connectivity index (χ4n) is 1.08. The summed E-state index contributed by atoms with van der Waals surface area (Å²) in [4.78, 5) is 12.3. The van der Waals surface area contributed by atoms with Crippen LogP contribution in [0.15, 0.2) is 29.2 Å². The molecule has 0 aliphatic carbocycles. The fourth-order valence-corrected chi connectivity index (χ4v) is 1.75. The second kappa shape index (κ2) is 6.37. The van der Waals surface area contributed by atoms with Gasteiger partial charge in [0.25, 0.3) is 0 Å². The number of ether oxygens (including phenoxy) is 1. The smallest absolute Gasteiger partial charge is 0.333 e. The van der Waals surface area contributed by atoms with Gasteiger partial charge in [-0.05, 0) is 18.4 Å². The second-order valence-corrected chi connectivity index (χ2v) is 4.12. The molecule has 1 aromatic heterocycles. The molecular formula is C11H15NO2S. The van der Waals surface area contributed by atoms with Crippen molar-refractivity contribution in [3.8, 4) is 0 Å². The molecule has 15 heavy (non-hydrogen) atoms. The normalized spacial score (nSPS) is 11.5. The Labute approximate surface area is 93.8 Å². The van der Waals surface area contributed by atoms with Gasteiger partial charge in [0.15, 0.2) is 0 Å². The average Bonchev–Trinajstić information content (AvgIpc) is 2.75. The first kappa shape index (κ1) is 11.9. The molecule has 1 heterocycles. The summed E-state index contributed by atoms with van der Waals surface area (Å²) in [5, 5.41) is 5.27. The second-order valence-electron chi connectivity index (χ2n) is 3.09. The number of rotatable bonds is 5. The highest BCUT2D eigenvalue weighted by atomic mass is 32.1. The van der Waals surface area contributed by atoms with Crippen molar-refractivity contribution in [1.29, 1.82) is 0 Å². The summed E-state index contributed by atoms with van der Waals surface area (Å²) >= 11 is 1.72. The number of methoxy groups -OCH3 is 1. The summed E-state index contributed by atoms with van der Waals surface area (Å²) < 4.78 is 4.58. The van der Waals surface area contributed by atoms with E-state index in [0.29, 0.717) is 12.1 Å². The Morgan fingerprint density at radius 1 is 1.67 bits per heavy atom. The van der Waals surface area contributed by atoms with Gasteiger partial charge in [-0.2, -0.15) is 0 Å². The minimum Gasteiger partial charge on any atom is -0.466 e. The first-order chi connectivity index (χ1) is 7.24. The summed E-state index contributed by atoms with van der Waals surface area (Å²) in [5.74, 6) is -0.270. The van der Waals surface area contributed by atoms with E-state index in [-0.39, 0.29) is 5.97 Å². The van der Waals surface area contributed by atoms with Crippen molar-refractivity contribution in [3.05, 3.63) is 34.0 Å². The molecule has 0 atom stereocenters. The van der Waals surface area contributed by atoms with Crippen LogP contribution in [0.3, 0.4) is 0 Å². The quantitative estimate of drug-likeness (QED) is 0.473. The van der Waals surface area contributed by atoms with Crippen LogP contribution in [0.1, 0.15) is 11.8 Å². The van der Waals surface area contributed by atoms with Crippen LogP contribution < -0.4 is 5.32 Å². The van der Waals surface area contributed by atoms with Crippen LogP contribution in [0.4, 0.5) is 0 Å². The van der Waals surface area contributed by atoms with Gasteiger partial charge in [-0.25, -0.2) is 4.79 Å². The molecular weight excluding hydrogens is 210 g/mol. The standard InChI is InChI=1S/C11H15NO2S/c1-9(11(13)14-2)5-6-12-8-10-4-3-7-15-10/h3-5,7,12H,6,8H2,1-2H3/b9-5+. The molecule has 0 spiro atoms. The minimum absolute atomic E-state index is 0.270. The van der Waals surface area contributed by atoms with Crippen LogP contribution in [0.25, 0.3) is 0 Å². The van der Waals surface area contributed by atoms with E-state index in [2.05, 4.69) is 16.1 Å². The number of carbonyl (C=O) groups is 1. The van der Waals surface area contributed by atoms with Crippen molar-refractivity contribution >= 4 is 17.3 Å². The Morgan fingerprint density at radius 3 is 3.07 bits per heavy atom. The molecule has 1 aromatic rings. The van der Waals surface area contributed by atoms with Gasteiger partial charge < -0.3 is 10.1 Å². The zero-order valence-electron chi connectivity index (χ0n) is 8.95. The highest BCUT2D eigenvalue weighted by molar-refractivity contribution is 7.09. The van der Waals surface area contributed by atoms with Gasteiger partial charge >= 0.3 is 5.97 Å². The van der Waals surface area contributed by atoms with Crippen LogP contribution >= 0.6 is 11.3 Å². The van der Waals surface area contributed by atoms with E-state index in [9.17, 15) is 4.79 Å². The minimum atomic E-state index is -0.270. The highest BCUT2D eigenvalue weighted by Crippen LogP contribution is 2.07. The first-order valence-corrected chi connectivity index (χ1v) is 5.60. The Hall–Kier alpha value is -1.13. The van der Waals surface area contributed by atoms with E-state index >= 15 is 0 Å². The molecule has 0 amide bonds. The van der Waals surface area contributed by atoms with Gasteiger partial charge in [0.05, 0.1) is 7.11 Å². The van der Waals surface area contributed by atoms with E-state index in [1.165, 1.54) is 12.0 Å². The summed E-state index contributed by atoms with van der Waals surface area (Å²) in [6.07, 6.45) is 1.83. The molecule has 3 nitrogen and oxygen atoms in total. The van der Waals surface area contributed by atoms with Crippen LogP contribution in [-0.4, -0.2) is 19.6 Å². The van der Waals surface area contributed by atoms with E-state index in [1.54, 1.807) is 18.3 Å². The summed E-state index contributed by atoms with van der Waals surface area (Å²) in [7, 11) is 1.39. The number of esters is 1. The number of carbonyl (C=O) groups excluding carboxylic acids is 1. The third-order valence-corrected chi connectivity index (χ3v) is 2.82. The van der Waals surface area contributed by atoms with E-state index < -0.39 is 0 Å². The van der Waals surface area contributed by atoms with Crippen molar-refractivity contribution in [2.75, 3.05) is 13.7 Å². The highest BCUT2D eigenvalue weighted by Gasteiger charge is 2.01. The Morgan fingerprint density at radius 2 is 2.47 bits per heavy atom. The van der Waals surface area contributed by atoms with Crippen LogP contribution in [0.5, 0.6) is 0 Å². The van der Waals surface area contributed by atoms with E-state index in [4.69, 9.17) is 0 Å². The Kier molecular flexibility index (Phi) is 5.07. The average molecular weight is 225 g/mol. The van der Waals surface area contributed by atoms with Gasteiger partial charge in [-0.3, -0.25) is 0 Å². The topological polar surface area (TPSA) is 38.3 Å². The molecule has 0 aromatic carbocycles. The third kappa shape index (κ3) is 4.27. The zero-order valence-corrected chi connectivity index (χ0v) is 9.76. The maximum atomic E-state index is 11.0. The summed E-state index contributed by atoms with van der Waals surface area (Å²) in [6.45, 7) is 3.26. The Balaban J connectivity index is 2.24. The zero-order chi connectivity index (χ0) is 11.1. The lowest BCUT2D eigenvalue weighted by Gasteiger charge is -2.00. The molecule has 0 bridgehead atoms. The van der Waals surface area contributed by atoms with Crippen LogP contribution in [0, 0.1) is 0 Å². The molecule has 0 aliphatic heterocycles. The largest absolute Gasteiger partial charge is 0.466 e. The Bertz CT molecular complexity index is 330. The molecule has 1 rings (SSSR count).